The molecule has 2 aromatic heterocycles. The molecule has 2 saturated heterocycles. The Morgan fingerprint density at radius 3 is 3.05 bits per heavy atom. The molecule has 0 aliphatic carbocycles. The molecule has 0 amide bonds. The summed E-state index contributed by atoms with van der Waals surface area (Å²) < 4.78 is 17.6. The average molecular weight is 345 g/mol. The monoisotopic (exact) mass is 345 g/mol. The van der Waals surface area contributed by atoms with Crippen LogP contribution < -0.4 is 5.73 Å². The second-order valence-corrected chi connectivity index (χ2v) is 7.76. The third kappa shape index (κ3) is 2.14. The Labute approximate surface area is 129 Å². The van der Waals surface area contributed by atoms with E-state index in [1.165, 1.54) is 12.7 Å². The Morgan fingerprint density at radius 1 is 1.41 bits per heavy atom. The van der Waals surface area contributed by atoms with Crippen LogP contribution in [0.1, 0.15) is 6.23 Å². The normalized spacial score (nSPS) is 38.3. The van der Waals surface area contributed by atoms with Gasteiger partial charge >= 0.3 is 6.72 Å². The van der Waals surface area contributed by atoms with E-state index in [2.05, 4.69) is 15.0 Å². The molecule has 118 valence electrons. The molecule has 0 spiro atoms. The van der Waals surface area contributed by atoms with Crippen LogP contribution in [-0.2, 0) is 25.6 Å². The number of nitrogens with zero attached hydrogens (tertiary/aromatic N) is 4. The second-order valence-electron chi connectivity index (χ2n) is 4.97. The van der Waals surface area contributed by atoms with Crippen LogP contribution in [0, 0.1) is 0 Å². The SMILES string of the molecule is Nc1ncnc2c1ncn2[C@@H]1O[C@@H]2COP(O)(=S)O[C@H]2[C@@H]1O. The molecule has 2 aromatic rings. The molecule has 12 heteroatoms. The zero-order valence-corrected chi connectivity index (χ0v) is 12.7. The molecule has 0 aromatic carbocycles. The lowest BCUT2D eigenvalue weighted by molar-refractivity contribution is -0.0593. The number of hydrogen-bond donors (Lipinski definition) is 3. The van der Waals surface area contributed by atoms with Gasteiger partial charge in [-0.1, -0.05) is 0 Å². The first-order chi connectivity index (χ1) is 10.5. The van der Waals surface area contributed by atoms with E-state index >= 15 is 0 Å². The molecular weight excluding hydrogens is 333 g/mol. The lowest BCUT2D eigenvalue weighted by Crippen LogP contribution is -2.39. The van der Waals surface area contributed by atoms with E-state index in [0.717, 1.165) is 0 Å². The zero-order valence-electron chi connectivity index (χ0n) is 11.0. The van der Waals surface area contributed by atoms with Gasteiger partial charge in [0, 0.05) is 0 Å². The highest BCUT2D eigenvalue weighted by molar-refractivity contribution is 8.07. The van der Waals surface area contributed by atoms with Crippen molar-refractivity contribution < 1.29 is 23.8 Å². The van der Waals surface area contributed by atoms with Crippen LogP contribution in [0.2, 0.25) is 0 Å². The van der Waals surface area contributed by atoms with E-state index in [9.17, 15) is 10.00 Å². The molecule has 2 aliphatic heterocycles. The molecule has 4 heterocycles. The Balaban J connectivity index is 1.71. The number of fused-ring (bicyclic) bond motifs is 2. The van der Waals surface area contributed by atoms with E-state index in [-0.39, 0.29) is 12.4 Å². The highest BCUT2D eigenvalue weighted by Crippen LogP contribution is 2.52. The number of anilines is 1. The van der Waals surface area contributed by atoms with Gasteiger partial charge in [0.25, 0.3) is 0 Å². The fourth-order valence-corrected chi connectivity index (χ4v) is 4.07. The Bertz CT molecular complexity index is 786. The molecule has 22 heavy (non-hydrogen) atoms. The summed E-state index contributed by atoms with van der Waals surface area (Å²) in [6.45, 7) is -3.28. The van der Waals surface area contributed by atoms with Gasteiger partial charge in [-0.25, -0.2) is 15.0 Å². The fourth-order valence-electron chi connectivity index (χ4n) is 2.62. The highest BCUT2D eigenvalue weighted by atomic mass is 32.5. The van der Waals surface area contributed by atoms with Gasteiger partial charge in [-0.3, -0.25) is 9.09 Å². The molecular formula is C10H12N5O5PS. The number of aliphatic hydroxyl groups is 1. The van der Waals surface area contributed by atoms with Crippen molar-refractivity contribution in [3.05, 3.63) is 12.7 Å². The van der Waals surface area contributed by atoms with Crippen molar-refractivity contribution in [3.8, 4) is 0 Å². The minimum Gasteiger partial charge on any atom is -0.386 e. The summed E-state index contributed by atoms with van der Waals surface area (Å²) in [5.74, 6) is 0.235. The van der Waals surface area contributed by atoms with Gasteiger partial charge in [-0.2, -0.15) is 0 Å². The van der Waals surface area contributed by atoms with Crippen molar-refractivity contribution in [2.45, 2.75) is 24.5 Å². The molecule has 2 aliphatic rings. The Kier molecular flexibility index (Phi) is 3.20. The molecule has 2 fully saturated rings. The van der Waals surface area contributed by atoms with Gasteiger partial charge in [0.1, 0.15) is 30.2 Å². The van der Waals surface area contributed by atoms with Crippen molar-refractivity contribution in [1.29, 1.82) is 0 Å². The van der Waals surface area contributed by atoms with Crippen molar-refractivity contribution >= 4 is 35.5 Å². The van der Waals surface area contributed by atoms with Gasteiger partial charge in [0.2, 0.25) is 0 Å². The highest BCUT2D eigenvalue weighted by Gasteiger charge is 2.51. The topological polar surface area (TPSA) is 138 Å². The number of imidazole rings is 1. The molecule has 0 saturated carbocycles. The number of ether oxygens (including phenoxy) is 1. The summed E-state index contributed by atoms with van der Waals surface area (Å²) in [7, 11) is 0. The van der Waals surface area contributed by atoms with Crippen molar-refractivity contribution in [2.75, 3.05) is 12.3 Å². The maximum Gasteiger partial charge on any atom is 0.325 e. The molecule has 0 bridgehead atoms. The molecule has 4 N–H and O–H groups in total. The van der Waals surface area contributed by atoms with E-state index in [0.29, 0.717) is 11.2 Å². The van der Waals surface area contributed by atoms with Crippen molar-refractivity contribution in [3.63, 3.8) is 0 Å². The van der Waals surface area contributed by atoms with Gasteiger partial charge in [0.15, 0.2) is 17.7 Å². The van der Waals surface area contributed by atoms with Crippen LogP contribution in [0.25, 0.3) is 11.2 Å². The standard InChI is InChI=1S/C10H12N5O5PS/c11-8-5-9(13-2-12-8)15(3-14-5)10-6(16)7-4(19-10)1-18-21(17,22)20-7/h2-4,6-7,10,16H,1H2,(H,17,22)(H2,11,12,13)/t4-,6+,7-,10-,21?/m1/s1. The largest absolute Gasteiger partial charge is 0.386 e. The van der Waals surface area contributed by atoms with Crippen LogP contribution in [-0.4, -0.2) is 54.4 Å². The van der Waals surface area contributed by atoms with Gasteiger partial charge in [0.05, 0.1) is 12.9 Å². The van der Waals surface area contributed by atoms with E-state index in [4.69, 9.17) is 31.3 Å². The van der Waals surface area contributed by atoms with Crippen LogP contribution in [0.4, 0.5) is 5.82 Å². The van der Waals surface area contributed by atoms with Crippen molar-refractivity contribution in [2.24, 2.45) is 0 Å². The first-order valence-electron chi connectivity index (χ1n) is 6.38. The van der Waals surface area contributed by atoms with Crippen LogP contribution in [0.15, 0.2) is 12.7 Å². The average Bonchev–Trinajstić information content (AvgIpc) is 3.01. The molecule has 10 nitrogen and oxygen atoms in total. The minimum absolute atomic E-state index is 0.0513. The number of hydrogen-bond acceptors (Lipinski definition) is 9. The van der Waals surface area contributed by atoms with Gasteiger partial charge in [-0.15, -0.1) is 0 Å². The first-order valence-corrected chi connectivity index (χ1v) is 8.97. The number of nitrogen functional groups attached to an aromatic ring is 1. The van der Waals surface area contributed by atoms with Crippen molar-refractivity contribution in [1.82, 2.24) is 19.5 Å². The lowest BCUT2D eigenvalue weighted by atomic mass is 10.1. The second kappa shape index (κ2) is 4.90. The van der Waals surface area contributed by atoms with E-state index in [1.54, 1.807) is 4.57 Å². The molecule has 0 radical (unpaired) electrons. The summed E-state index contributed by atoms with van der Waals surface area (Å²) in [5.41, 5.74) is 6.58. The van der Waals surface area contributed by atoms with Gasteiger partial charge in [-0.05, 0) is 11.8 Å². The summed E-state index contributed by atoms with van der Waals surface area (Å²) in [6, 6.07) is 0. The van der Waals surface area contributed by atoms with Crippen LogP contribution >= 0.6 is 6.72 Å². The van der Waals surface area contributed by atoms with E-state index in [1.807, 2.05) is 0 Å². The van der Waals surface area contributed by atoms with E-state index < -0.39 is 31.3 Å². The number of aromatic nitrogens is 4. The fraction of sp³-hybridized carbons (Fsp3) is 0.500. The minimum atomic E-state index is -3.33. The van der Waals surface area contributed by atoms with Gasteiger partial charge < -0.3 is 25.0 Å². The molecule has 5 atom stereocenters. The molecule has 4 rings (SSSR count). The third-order valence-electron chi connectivity index (χ3n) is 3.63. The quantitative estimate of drug-likeness (QED) is 0.569. The summed E-state index contributed by atoms with van der Waals surface area (Å²) in [4.78, 5) is 21.8. The Morgan fingerprint density at radius 2 is 2.23 bits per heavy atom. The van der Waals surface area contributed by atoms with Crippen LogP contribution in [0.5, 0.6) is 0 Å². The predicted molar refractivity (Wildman–Crippen MR) is 77.0 cm³/mol. The lowest BCUT2D eigenvalue weighted by Gasteiger charge is -2.30. The summed E-state index contributed by atoms with van der Waals surface area (Å²) in [5, 5.41) is 10.4. The zero-order chi connectivity index (χ0) is 15.5. The summed E-state index contributed by atoms with van der Waals surface area (Å²) >= 11 is 4.80. The number of rotatable bonds is 1. The summed E-state index contributed by atoms with van der Waals surface area (Å²) in [6.07, 6.45) is -0.414. The maximum absolute atomic E-state index is 10.4. The first kappa shape index (κ1) is 14.4. The number of aliphatic hydroxyl groups excluding tert-OH is 1. The molecule has 1 unspecified atom stereocenters. The Hall–Kier alpha value is -1.20. The predicted octanol–water partition coefficient (Wildman–Crippen LogP) is -0.701. The smallest absolute Gasteiger partial charge is 0.325 e. The van der Waals surface area contributed by atoms with Crippen LogP contribution in [0.3, 0.4) is 0 Å². The maximum atomic E-state index is 10.4. The third-order valence-corrected chi connectivity index (χ3v) is 5.19. The number of nitrogens with two attached hydrogens (primary N) is 1.